The first kappa shape index (κ1) is 10.9. The Morgan fingerprint density at radius 3 is 2.69 bits per heavy atom. The standard InChI is InChI=1S/C4H2NS3.H2O4S/c1-3-4(2-6-1)8-5-7-3;1-5(2,3)4/h1-2H;(H2,1,2,3,4)/q+1;/p-1. The highest BCUT2D eigenvalue weighted by atomic mass is 32.3. The SMILES string of the molecule is O=S(=O)([O-])O.c1scc2[s+]nsc12. The van der Waals surface area contributed by atoms with Gasteiger partial charge >= 0.3 is 0 Å². The average Bonchev–Trinajstić information content (AvgIpc) is 2.36. The second kappa shape index (κ2) is 4.35. The topological polar surface area (TPSA) is 90.3 Å². The van der Waals surface area contributed by atoms with Gasteiger partial charge in [0.25, 0.3) is 0 Å². The van der Waals surface area contributed by atoms with Crippen LogP contribution in [0.4, 0.5) is 0 Å². The number of thiophene rings is 1. The van der Waals surface area contributed by atoms with E-state index in [1.807, 2.05) is 0 Å². The number of hydrogen-bond donors (Lipinski definition) is 1. The Hall–Kier alpha value is -0.190. The van der Waals surface area contributed by atoms with Crippen molar-refractivity contribution in [2.75, 3.05) is 0 Å². The lowest BCUT2D eigenvalue weighted by Crippen LogP contribution is -1.90. The van der Waals surface area contributed by atoms with Gasteiger partial charge in [0.15, 0.2) is 0 Å². The van der Waals surface area contributed by atoms with Crippen LogP contribution in [-0.4, -0.2) is 21.3 Å². The molecule has 2 aromatic rings. The summed E-state index contributed by atoms with van der Waals surface area (Å²) in [5, 5.41) is 4.26. The van der Waals surface area contributed by atoms with Gasteiger partial charge in [0.1, 0.15) is 0 Å². The molecule has 1 N–H and O–H groups in total. The molecular weight excluding hydrogens is 254 g/mol. The molecule has 72 valence electrons. The smallest absolute Gasteiger partial charge is 0.215 e. The first-order valence-electron chi connectivity index (χ1n) is 2.75. The zero-order valence-electron chi connectivity index (χ0n) is 5.91. The molecule has 5 nitrogen and oxygen atoms in total. The van der Waals surface area contributed by atoms with Gasteiger partial charge in [-0.15, -0.1) is 11.3 Å². The Morgan fingerprint density at radius 2 is 2.15 bits per heavy atom. The Labute approximate surface area is 86.2 Å². The van der Waals surface area contributed by atoms with E-state index >= 15 is 0 Å². The van der Waals surface area contributed by atoms with Crippen LogP contribution < -0.4 is 0 Å². The highest BCUT2D eigenvalue weighted by Crippen LogP contribution is 2.25. The van der Waals surface area contributed by atoms with Crippen molar-refractivity contribution < 1.29 is 17.5 Å². The molecule has 0 aromatic carbocycles. The zero-order chi connectivity index (χ0) is 9.90. The number of rotatable bonds is 0. The summed E-state index contributed by atoms with van der Waals surface area (Å²) in [4.78, 5) is 0. The minimum atomic E-state index is -4.92. The van der Waals surface area contributed by atoms with Gasteiger partial charge in [-0.3, -0.25) is 4.55 Å². The summed E-state index contributed by atoms with van der Waals surface area (Å²) in [5.74, 6) is 0. The Bertz CT molecular complexity index is 412. The number of aromatic nitrogens is 1. The van der Waals surface area contributed by atoms with Gasteiger partial charge in [-0.2, -0.15) is 0 Å². The van der Waals surface area contributed by atoms with Gasteiger partial charge in [-0.25, -0.2) is 8.42 Å². The number of hydrogen-bond acceptors (Lipinski definition) is 6. The Balaban J connectivity index is 0.000000149. The fraction of sp³-hybridized carbons (Fsp3) is 0. The van der Waals surface area contributed by atoms with E-state index in [1.165, 1.54) is 9.40 Å². The van der Waals surface area contributed by atoms with Gasteiger partial charge in [0.05, 0.1) is 3.76 Å². The normalized spacial score (nSPS) is 10.9. The largest absolute Gasteiger partial charge is 0.726 e. The molecule has 0 fully saturated rings. The number of fused-ring (bicyclic) bond motifs is 1. The van der Waals surface area contributed by atoms with Crippen LogP contribution in [0.15, 0.2) is 10.8 Å². The third kappa shape index (κ3) is 4.55. The molecule has 2 heterocycles. The fourth-order valence-electron chi connectivity index (χ4n) is 0.506. The second-order valence-corrected chi connectivity index (χ2v) is 5.23. The molecule has 0 radical (unpaired) electrons. The predicted octanol–water partition coefficient (Wildman–Crippen LogP) is 1.71. The maximum Gasteiger partial charge on any atom is 0.215 e. The Kier molecular flexibility index (Phi) is 3.64. The van der Waals surface area contributed by atoms with Crippen molar-refractivity contribution in [1.82, 2.24) is 3.76 Å². The van der Waals surface area contributed by atoms with E-state index < -0.39 is 10.4 Å². The van der Waals surface area contributed by atoms with E-state index in [1.54, 1.807) is 34.4 Å². The number of nitrogens with zero attached hydrogens (tertiary/aromatic N) is 1. The lowest BCUT2D eigenvalue weighted by atomic mass is 10.7. The van der Waals surface area contributed by atoms with E-state index in [0.29, 0.717) is 0 Å². The lowest BCUT2D eigenvalue weighted by molar-refractivity contribution is 0.366. The average molecular weight is 257 g/mol. The van der Waals surface area contributed by atoms with Crippen molar-refractivity contribution in [3.05, 3.63) is 10.8 Å². The molecular formula is C4H3NO4S4. The molecule has 0 aliphatic rings. The van der Waals surface area contributed by atoms with E-state index in [4.69, 9.17) is 17.5 Å². The monoisotopic (exact) mass is 257 g/mol. The molecule has 0 aliphatic heterocycles. The van der Waals surface area contributed by atoms with Gasteiger partial charge < -0.3 is 4.55 Å². The maximum atomic E-state index is 8.63. The van der Waals surface area contributed by atoms with Crippen molar-refractivity contribution in [3.63, 3.8) is 0 Å². The third-order valence-electron chi connectivity index (χ3n) is 0.864. The molecule has 0 bridgehead atoms. The van der Waals surface area contributed by atoms with Crippen molar-refractivity contribution in [3.8, 4) is 0 Å². The quantitative estimate of drug-likeness (QED) is 0.440. The first-order valence-corrected chi connectivity index (χ1v) is 6.61. The first-order chi connectivity index (χ1) is 5.97. The van der Waals surface area contributed by atoms with Crippen LogP contribution in [-0.2, 0) is 10.4 Å². The van der Waals surface area contributed by atoms with Crippen LogP contribution in [0.25, 0.3) is 9.40 Å². The molecule has 0 atom stereocenters. The van der Waals surface area contributed by atoms with Crippen LogP contribution in [0.1, 0.15) is 0 Å². The van der Waals surface area contributed by atoms with Crippen LogP contribution in [0.3, 0.4) is 0 Å². The minimum Gasteiger partial charge on any atom is -0.726 e. The lowest BCUT2D eigenvalue weighted by Gasteiger charge is -1.88. The molecule has 0 unspecified atom stereocenters. The van der Waals surface area contributed by atoms with Gasteiger partial charge in [0, 0.05) is 10.8 Å². The molecule has 2 rings (SSSR count). The van der Waals surface area contributed by atoms with Gasteiger partial charge in [0.2, 0.25) is 42.9 Å². The van der Waals surface area contributed by atoms with Crippen molar-refractivity contribution >= 4 is 54.2 Å². The molecule has 0 spiro atoms. The van der Waals surface area contributed by atoms with E-state index in [2.05, 4.69) is 14.5 Å². The van der Waals surface area contributed by atoms with Crippen molar-refractivity contribution in [2.45, 2.75) is 0 Å². The summed E-state index contributed by atoms with van der Waals surface area (Å²) in [6.07, 6.45) is 0. The summed E-state index contributed by atoms with van der Waals surface area (Å²) in [6.45, 7) is 0. The Morgan fingerprint density at radius 1 is 1.54 bits per heavy atom. The van der Waals surface area contributed by atoms with Crippen molar-refractivity contribution in [1.29, 1.82) is 0 Å². The molecule has 0 saturated heterocycles. The predicted molar refractivity (Wildman–Crippen MR) is 52.1 cm³/mol. The van der Waals surface area contributed by atoms with Crippen molar-refractivity contribution in [2.24, 2.45) is 0 Å². The molecule has 0 saturated carbocycles. The summed E-state index contributed by atoms with van der Waals surface area (Å²) >= 11 is 4.89. The molecule has 9 heteroatoms. The molecule has 0 amide bonds. The molecule has 0 aliphatic carbocycles. The minimum absolute atomic E-state index is 1.32. The van der Waals surface area contributed by atoms with Gasteiger partial charge in [-0.1, -0.05) is 0 Å². The van der Waals surface area contributed by atoms with Crippen LogP contribution in [0.2, 0.25) is 0 Å². The highest BCUT2D eigenvalue weighted by Gasteiger charge is 2.06. The summed E-state index contributed by atoms with van der Waals surface area (Å²) in [7, 11) is -4.92. The second-order valence-electron chi connectivity index (χ2n) is 1.79. The summed E-state index contributed by atoms with van der Waals surface area (Å²) < 4.78 is 39.5. The van der Waals surface area contributed by atoms with Crippen LogP contribution in [0, 0.1) is 0 Å². The summed E-state index contributed by atoms with van der Waals surface area (Å²) in [5.41, 5.74) is 0. The zero-order valence-corrected chi connectivity index (χ0v) is 9.17. The molecule has 2 aromatic heterocycles. The highest BCUT2D eigenvalue weighted by molar-refractivity contribution is 7.79. The van der Waals surface area contributed by atoms with Crippen LogP contribution in [0.5, 0.6) is 0 Å². The summed E-state index contributed by atoms with van der Waals surface area (Å²) in [6, 6.07) is 0. The van der Waals surface area contributed by atoms with Gasteiger partial charge in [-0.05, 0) is 0 Å². The fourth-order valence-corrected chi connectivity index (χ4v) is 3.21. The maximum absolute atomic E-state index is 8.63. The van der Waals surface area contributed by atoms with E-state index in [-0.39, 0.29) is 0 Å². The van der Waals surface area contributed by atoms with E-state index in [0.717, 1.165) is 0 Å². The molecule has 13 heavy (non-hydrogen) atoms. The van der Waals surface area contributed by atoms with Crippen LogP contribution >= 0.6 is 34.4 Å². The van der Waals surface area contributed by atoms with E-state index in [9.17, 15) is 0 Å². The third-order valence-corrected chi connectivity index (χ3v) is 3.70.